The third-order valence-electron chi connectivity index (χ3n) is 3.23. The third kappa shape index (κ3) is 2.88. The maximum absolute atomic E-state index is 12.0. The van der Waals surface area contributed by atoms with Crippen molar-refractivity contribution < 1.29 is 4.79 Å². The van der Waals surface area contributed by atoms with Crippen molar-refractivity contribution in [3.63, 3.8) is 0 Å². The Kier molecular flexibility index (Phi) is 3.97. The van der Waals surface area contributed by atoms with Crippen LogP contribution in [0.25, 0.3) is 0 Å². The molecule has 0 radical (unpaired) electrons. The first kappa shape index (κ1) is 13.0. The molecule has 0 saturated heterocycles. The third-order valence-corrected chi connectivity index (χ3v) is 3.70. The molecule has 0 bridgehead atoms. The Morgan fingerprint density at radius 1 is 1.39 bits per heavy atom. The van der Waals surface area contributed by atoms with Gasteiger partial charge in [-0.25, -0.2) is 4.98 Å². The van der Waals surface area contributed by atoms with Crippen LogP contribution >= 0.6 is 15.9 Å². The molecule has 0 unspecified atom stereocenters. The van der Waals surface area contributed by atoms with E-state index in [0.717, 1.165) is 36.6 Å². The summed E-state index contributed by atoms with van der Waals surface area (Å²) in [6.07, 6.45) is 6.14. The van der Waals surface area contributed by atoms with E-state index in [0.29, 0.717) is 5.69 Å². The molecule has 4 nitrogen and oxygen atoms in total. The Morgan fingerprint density at radius 3 is 2.67 bits per heavy atom. The molecule has 1 N–H and O–H groups in total. The van der Waals surface area contributed by atoms with Crippen LogP contribution in [0.2, 0.25) is 0 Å². The number of pyridine rings is 1. The van der Waals surface area contributed by atoms with E-state index in [1.54, 1.807) is 18.3 Å². The predicted molar refractivity (Wildman–Crippen MR) is 70.8 cm³/mol. The zero-order valence-corrected chi connectivity index (χ0v) is 11.5. The van der Waals surface area contributed by atoms with E-state index in [1.807, 2.05) is 0 Å². The molecule has 94 valence electrons. The second-order valence-corrected chi connectivity index (χ2v) is 5.49. The molecular formula is C13H14BrN3O. The lowest BCUT2D eigenvalue weighted by Gasteiger charge is -2.31. The van der Waals surface area contributed by atoms with Gasteiger partial charge in [0.25, 0.3) is 5.91 Å². The van der Waals surface area contributed by atoms with Crippen LogP contribution in [0.5, 0.6) is 0 Å². The summed E-state index contributed by atoms with van der Waals surface area (Å²) in [5, 5.41) is 12.1. The van der Waals surface area contributed by atoms with Crippen LogP contribution in [0.4, 0.5) is 0 Å². The summed E-state index contributed by atoms with van der Waals surface area (Å²) in [5.74, 6) is -0.272. The molecule has 2 rings (SSSR count). The maximum Gasteiger partial charge on any atom is 0.271 e. The minimum absolute atomic E-state index is 0.272. The summed E-state index contributed by atoms with van der Waals surface area (Å²) in [6, 6.07) is 5.67. The van der Waals surface area contributed by atoms with Gasteiger partial charge in [-0.2, -0.15) is 5.26 Å². The minimum Gasteiger partial charge on any atom is -0.332 e. The molecule has 1 heterocycles. The number of hydrogen-bond donors (Lipinski definition) is 1. The quantitative estimate of drug-likeness (QED) is 0.913. The maximum atomic E-state index is 12.0. The van der Waals surface area contributed by atoms with Gasteiger partial charge in [-0.05, 0) is 40.9 Å². The fourth-order valence-corrected chi connectivity index (χ4v) is 2.45. The second kappa shape index (κ2) is 5.49. The van der Waals surface area contributed by atoms with E-state index < -0.39 is 5.54 Å². The molecule has 1 amide bonds. The van der Waals surface area contributed by atoms with Gasteiger partial charge in [0.2, 0.25) is 0 Å². The lowest BCUT2D eigenvalue weighted by molar-refractivity contribution is 0.0897. The molecule has 1 aliphatic rings. The lowest BCUT2D eigenvalue weighted by Crippen LogP contribution is -2.48. The normalized spacial score (nSPS) is 17.8. The monoisotopic (exact) mass is 307 g/mol. The van der Waals surface area contributed by atoms with Crippen molar-refractivity contribution in [1.82, 2.24) is 10.3 Å². The molecule has 1 saturated carbocycles. The van der Waals surface area contributed by atoms with Crippen molar-refractivity contribution in [2.45, 2.75) is 37.6 Å². The molecule has 1 aromatic heterocycles. The minimum atomic E-state index is -0.704. The Hall–Kier alpha value is -1.41. The molecule has 0 spiro atoms. The van der Waals surface area contributed by atoms with Crippen molar-refractivity contribution >= 4 is 21.8 Å². The lowest BCUT2D eigenvalue weighted by atomic mass is 9.83. The van der Waals surface area contributed by atoms with Gasteiger partial charge in [-0.15, -0.1) is 0 Å². The number of aromatic nitrogens is 1. The van der Waals surface area contributed by atoms with Crippen LogP contribution in [-0.2, 0) is 0 Å². The highest BCUT2D eigenvalue weighted by atomic mass is 79.9. The number of nitriles is 1. The van der Waals surface area contributed by atoms with Crippen molar-refractivity contribution in [2.75, 3.05) is 0 Å². The first-order valence-electron chi connectivity index (χ1n) is 6.00. The van der Waals surface area contributed by atoms with Crippen molar-refractivity contribution in [1.29, 1.82) is 5.26 Å². The average molecular weight is 308 g/mol. The molecule has 1 fully saturated rings. The van der Waals surface area contributed by atoms with Gasteiger partial charge < -0.3 is 5.32 Å². The first-order valence-corrected chi connectivity index (χ1v) is 6.80. The number of rotatable bonds is 2. The number of nitrogens with zero attached hydrogens (tertiary/aromatic N) is 2. The Labute approximate surface area is 115 Å². The van der Waals surface area contributed by atoms with Gasteiger partial charge in [0.1, 0.15) is 11.2 Å². The summed E-state index contributed by atoms with van der Waals surface area (Å²) in [4.78, 5) is 16.1. The number of amides is 1. The molecular weight excluding hydrogens is 294 g/mol. The van der Waals surface area contributed by atoms with E-state index in [1.165, 1.54) is 0 Å². The number of halogens is 1. The number of carbonyl (C=O) groups excluding carboxylic acids is 1. The molecule has 0 atom stereocenters. The number of nitrogens with one attached hydrogen (secondary N) is 1. The van der Waals surface area contributed by atoms with Crippen LogP contribution in [0.1, 0.15) is 42.6 Å². The molecule has 1 aromatic rings. The van der Waals surface area contributed by atoms with Crippen LogP contribution in [-0.4, -0.2) is 16.4 Å². The predicted octanol–water partition coefficient (Wildman–Crippen LogP) is 2.80. The molecule has 18 heavy (non-hydrogen) atoms. The van der Waals surface area contributed by atoms with E-state index in [2.05, 4.69) is 32.3 Å². The zero-order chi connectivity index (χ0) is 13.0. The second-order valence-electron chi connectivity index (χ2n) is 4.57. The number of hydrogen-bond acceptors (Lipinski definition) is 3. The van der Waals surface area contributed by atoms with Crippen LogP contribution < -0.4 is 5.32 Å². The standard InChI is InChI=1S/C13H14BrN3O/c14-10-4-5-11(16-8-10)12(18)17-13(9-15)6-2-1-3-7-13/h4-5,8H,1-3,6-7H2,(H,17,18). The summed E-state index contributed by atoms with van der Waals surface area (Å²) in [5.41, 5.74) is -0.359. The van der Waals surface area contributed by atoms with Crippen molar-refractivity contribution in [2.24, 2.45) is 0 Å². The van der Waals surface area contributed by atoms with Gasteiger partial charge in [-0.3, -0.25) is 4.79 Å². The SMILES string of the molecule is N#CC1(NC(=O)c2ccc(Br)cn2)CCCCC1. The Morgan fingerprint density at radius 2 is 2.11 bits per heavy atom. The Bertz CT molecular complexity index is 472. The van der Waals surface area contributed by atoms with Gasteiger partial charge in [-0.1, -0.05) is 19.3 Å². The molecule has 1 aliphatic carbocycles. The van der Waals surface area contributed by atoms with Crippen LogP contribution in [0.3, 0.4) is 0 Å². The summed E-state index contributed by atoms with van der Waals surface area (Å²) < 4.78 is 0.826. The topological polar surface area (TPSA) is 65.8 Å². The highest BCUT2D eigenvalue weighted by Crippen LogP contribution is 2.27. The van der Waals surface area contributed by atoms with E-state index in [4.69, 9.17) is 0 Å². The van der Waals surface area contributed by atoms with Gasteiger partial charge in [0, 0.05) is 10.7 Å². The zero-order valence-electron chi connectivity index (χ0n) is 9.95. The summed E-state index contributed by atoms with van der Waals surface area (Å²) >= 11 is 3.27. The molecule has 0 aromatic carbocycles. The first-order chi connectivity index (χ1) is 8.65. The Balaban J connectivity index is 2.10. The fraction of sp³-hybridized carbons (Fsp3) is 0.462. The van der Waals surface area contributed by atoms with E-state index in [-0.39, 0.29) is 5.91 Å². The van der Waals surface area contributed by atoms with Crippen LogP contribution in [0.15, 0.2) is 22.8 Å². The summed E-state index contributed by atoms with van der Waals surface area (Å²) in [7, 11) is 0. The number of carbonyl (C=O) groups is 1. The smallest absolute Gasteiger partial charge is 0.271 e. The van der Waals surface area contributed by atoms with Gasteiger partial charge >= 0.3 is 0 Å². The van der Waals surface area contributed by atoms with Crippen molar-refractivity contribution in [3.8, 4) is 6.07 Å². The molecule has 5 heteroatoms. The fourth-order valence-electron chi connectivity index (χ4n) is 2.21. The van der Waals surface area contributed by atoms with Crippen LogP contribution in [0, 0.1) is 11.3 Å². The summed E-state index contributed by atoms with van der Waals surface area (Å²) in [6.45, 7) is 0. The largest absolute Gasteiger partial charge is 0.332 e. The van der Waals surface area contributed by atoms with E-state index in [9.17, 15) is 10.1 Å². The highest BCUT2D eigenvalue weighted by Gasteiger charge is 2.34. The molecule has 0 aliphatic heterocycles. The average Bonchev–Trinajstić information content (AvgIpc) is 2.40. The highest BCUT2D eigenvalue weighted by molar-refractivity contribution is 9.10. The van der Waals surface area contributed by atoms with E-state index >= 15 is 0 Å². The van der Waals surface area contributed by atoms with Gasteiger partial charge in [0.15, 0.2) is 0 Å². The van der Waals surface area contributed by atoms with Gasteiger partial charge in [0.05, 0.1) is 6.07 Å². The van der Waals surface area contributed by atoms with Crippen molar-refractivity contribution in [3.05, 3.63) is 28.5 Å².